The van der Waals surface area contributed by atoms with E-state index in [9.17, 15) is 9.59 Å². The van der Waals surface area contributed by atoms with Crippen LogP contribution in [0, 0.1) is 0 Å². The zero-order chi connectivity index (χ0) is 16.2. The number of carbonyl (C=O) groups excluding carboxylic acids is 2. The van der Waals surface area contributed by atoms with Crippen molar-refractivity contribution < 1.29 is 14.3 Å². The van der Waals surface area contributed by atoms with E-state index in [1.165, 1.54) is 23.6 Å². The minimum absolute atomic E-state index is 0.0597. The first-order valence-corrected chi connectivity index (χ1v) is 7.31. The van der Waals surface area contributed by atoms with Crippen LogP contribution < -0.4 is 10.2 Å². The lowest BCUT2D eigenvalue weighted by atomic mass is 10.0. The van der Waals surface area contributed by atoms with E-state index in [4.69, 9.17) is 0 Å². The minimum Gasteiger partial charge on any atom is -0.453 e. The lowest BCUT2D eigenvalue weighted by Gasteiger charge is -2.29. The van der Waals surface area contributed by atoms with Crippen molar-refractivity contribution >= 4 is 23.5 Å². The Hall–Kier alpha value is -2.90. The number of carbonyl (C=O) groups is 2. The highest BCUT2D eigenvalue weighted by Crippen LogP contribution is 2.26. The molecule has 0 radical (unpaired) electrons. The van der Waals surface area contributed by atoms with Crippen LogP contribution in [0.25, 0.3) is 0 Å². The van der Waals surface area contributed by atoms with Crippen LogP contribution >= 0.6 is 0 Å². The molecule has 1 aliphatic rings. The average Bonchev–Trinajstić information content (AvgIpc) is 3.01. The summed E-state index contributed by atoms with van der Waals surface area (Å²) in [5, 5.41) is 10.0. The standard InChI is InChI=1S/C15H17N5O3/c1-23-15(22)16-13-9-19(18-17-13)10-14(21)20-8-4-6-11-5-2-3-7-12(11)20/h2-3,5,7,9H,4,6,8,10H2,1H3,(H,16,22). The summed E-state index contributed by atoms with van der Waals surface area (Å²) in [6, 6.07) is 7.91. The Balaban J connectivity index is 1.69. The Morgan fingerprint density at radius 2 is 2.17 bits per heavy atom. The molecule has 0 bridgehead atoms. The van der Waals surface area contributed by atoms with Gasteiger partial charge < -0.3 is 9.64 Å². The van der Waals surface area contributed by atoms with Gasteiger partial charge in [-0.2, -0.15) is 0 Å². The number of rotatable bonds is 3. The number of hydrogen-bond donors (Lipinski definition) is 1. The third-order valence-corrected chi connectivity index (χ3v) is 3.66. The van der Waals surface area contributed by atoms with Crippen molar-refractivity contribution in [1.29, 1.82) is 0 Å². The molecule has 120 valence electrons. The van der Waals surface area contributed by atoms with Gasteiger partial charge in [0.1, 0.15) is 6.54 Å². The molecular weight excluding hydrogens is 298 g/mol. The first-order chi connectivity index (χ1) is 11.2. The van der Waals surface area contributed by atoms with E-state index in [0.717, 1.165) is 18.5 Å². The molecule has 1 aliphatic heterocycles. The molecule has 8 heteroatoms. The van der Waals surface area contributed by atoms with Crippen LogP contribution in [0.1, 0.15) is 12.0 Å². The van der Waals surface area contributed by atoms with Gasteiger partial charge in [-0.15, -0.1) is 5.10 Å². The summed E-state index contributed by atoms with van der Waals surface area (Å²) in [5.41, 5.74) is 2.13. The van der Waals surface area contributed by atoms with Crippen molar-refractivity contribution in [2.24, 2.45) is 0 Å². The maximum atomic E-state index is 12.5. The lowest BCUT2D eigenvalue weighted by Crippen LogP contribution is -2.37. The zero-order valence-electron chi connectivity index (χ0n) is 12.7. The van der Waals surface area contributed by atoms with Crippen LogP contribution in [0.2, 0.25) is 0 Å². The number of anilines is 2. The fourth-order valence-electron chi connectivity index (χ4n) is 2.61. The Morgan fingerprint density at radius 3 is 3.00 bits per heavy atom. The predicted molar refractivity (Wildman–Crippen MR) is 83.2 cm³/mol. The normalized spacial score (nSPS) is 13.3. The van der Waals surface area contributed by atoms with Crippen LogP contribution in [0.5, 0.6) is 0 Å². The number of methoxy groups -OCH3 is 1. The van der Waals surface area contributed by atoms with Crippen LogP contribution in [0.3, 0.4) is 0 Å². The monoisotopic (exact) mass is 315 g/mol. The number of para-hydroxylation sites is 1. The molecule has 0 atom stereocenters. The average molecular weight is 315 g/mol. The summed E-state index contributed by atoms with van der Waals surface area (Å²) in [6.07, 6.45) is 2.78. The molecule has 0 aliphatic carbocycles. The molecular formula is C15H17N5O3. The number of amides is 2. The van der Waals surface area contributed by atoms with E-state index in [0.29, 0.717) is 6.54 Å². The molecule has 0 fully saturated rings. The van der Waals surface area contributed by atoms with Crippen molar-refractivity contribution in [1.82, 2.24) is 15.0 Å². The summed E-state index contributed by atoms with van der Waals surface area (Å²) in [5.74, 6) is 0.176. The molecule has 2 amide bonds. The number of hydrogen-bond acceptors (Lipinski definition) is 5. The third-order valence-electron chi connectivity index (χ3n) is 3.66. The minimum atomic E-state index is -0.631. The summed E-state index contributed by atoms with van der Waals surface area (Å²) in [4.78, 5) is 25.4. The molecule has 8 nitrogen and oxygen atoms in total. The van der Waals surface area contributed by atoms with Crippen molar-refractivity contribution in [2.75, 3.05) is 23.9 Å². The van der Waals surface area contributed by atoms with Gasteiger partial charge in [0.25, 0.3) is 0 Å². The fourth-order valence-corrected chi connectivity index (χ4v) is 2.61. The molecule has 1 N–H and O–H groups in total. The third kappa shape index (κ3) is 3.31. The summed E-state index contributed by atoms with van der Waals surface area (Å²) < 4.78 is 5.87. The van der Waals surface area contributed by atoms with Crippen molar-refractivity contribution in [2.45, 2.75) is 19.4 Å². The molecule has 2 heterocycles. The number of aromatic nitrogens is 3. The van der Waals surface area contributed by atoms with E-state index in [2.05, 4.69) is 20.4 Å². The second-order valence-electron chi connectivity index (χ2n) is 5.20. The predicted octanol–water partition coefficient (Wildman–Crippen LogP) is 1.44. The van der Waals surface area contributed by atoms with Crippen LogP contribution in [0.15, 0.2) is 30.5 Å². The first kappa shape index (κ1) is 15.0. The van der Waals surface area contributed by atoms with Crippen LogP contribution in [-0.4, -0.2) is 40.6 Å². The molecule has 3 rings (SSSR count). The number of ether oxygens (including phenoxy) is 1. The van der Waals surface area contributed by atoms with E-state index in [-0.39, 0.29) is 18.3 Å². The van der Waals surface area contributed by atoms with Gasteiger partial charge >= 0.3 is 6.09 Å². The Morgan fingerprint density at radius 1 is 1.35 bits per heavy atom. The topological polar surface area (TPSA) is 89.4 Å². The van der Waals surface area contributed by atoms with Gasteiger partial charge in [0.2, 0.25) is 5.91 Å². The number of aryl methyl sites for hydroxylation is 1. The van der Waals surface area contributed by atoms with Gasteiger partial charge in [0, 0.05) is 12.2 Å². The van der Waals surface area contributed by atoms with Gasteiger partial charge in [0.05, 0.1) is 13.3 Å². The van der Waals surface area contributed by atoms with Crippen molar-refractivity contribution in [3.63, 3.8) is 0 Å². The van der Waals surface area contributed by atoms with E-state index in [1.807, 2.05) is 24.3 Å². The Labute approximate surface area is 133 Å². The highest BCUT2D eigenvalue weighted by atomic mass is 16.5. The number of benzene rings is 1. The van der Waals surface area contributed by atoms with E-state index >= 15 is 0 Å². The molecule has 2 aromatic rings. The lowest BCUT2D eigenvalue weighted by molar-refractivity contribution is -0.119. The summed E-state index contributed by atoms with van der Waals surface area (Å²) in [7, 11) is 1.26. The largest absolute Gasteiger partial charge is 0.453 e. The number of nitrogens with zero attached hydrogens (tertiary/aromatic N) is 4. The quantitative estimate of drug-likeness (QED) is 0.925. The molecule has 0 saturated carbocycles. The Bertz CT molecular complexity index is 727. The second-order valence-corrected chi connectivity index (χ2v) is 5.20. The number of nitrogens with one attached hydrogen (secondary N) is 1. The molecule has 1 aromatic carbocycles. The smallest absolute Gasteiger partial charge is 0.412 e. The summed E-state index contributed by atoms with van der Waals surface area (Å²) >= 11 is 0. The van der Waals surface area contributed by atoms with Gasteiger partial charge in [0.15, 0.2) is 5.82 Å². The van der Waals surface area contributed by atoms with Gasteiger partial charge in [-0.25, -0.2) is 9.48 Å². The maximum absolute atomic E-state index is 12.5. The van der Waals surface area contributed by atoms with E-state index in [1.54, 1.807) is 4.90 Å². The SMILES string of the molecule is COC(=O)Nc1cn(CC(=O)N2CCCc3ccccc32)nn1. The molecule has 0 unspecified atom stereocenters. The van der Waals surface area contributed by atoms with Crippen molar-refractivity contribution in [3.8, 4) is 0 Å². The summed E-state index contributed by atoms with van der Waals surface area (Å²) in [6.45, 7) is 0.752. The highest BCUT2D eigenvalue weighted by Gasteiger charge is 2.22. The number of fused-ring (bicyclic) bond motifs is 1. The highest BCUT2D eigenvalue weighted by molar-refractivity contribution is 5.94. The zero-order valence-corrected chi connectivity index (χ0v) is 12.7. The maximum Gasteiger partial charge on any atom is 0.412 e. The Kier molecular flexibility index (Phi) is 4.22. The van der Waals surface area contributed by atoms with Gasteiger partial charge in [-0.1, -0.05) is 23.4 Å². The van der Waals surface area contributed by atoms with Gasteiger partial charge in [-0.3, -0.25) is 10.1 Å². The van der Waals surface area contributed by atoms with Gasteiger partial charge in [-0.05, 0) is 24.5 Å². The van der Waals surface area contributed by atoms with Crippen molar-refractivity contribution in [3.05, 3.63) is 36.0 Å². The second kappa shape index (κ2) is 6.47. The molecule has 23 heavy (non-hydrogen) atoms. The first-order valence-electron chi connectivity index (χ1n) is 7.31. The molecule has 0 saturated heterocycles. The fraction of sp³-hybridized carbons (Fsp3) is 0.333. The molecule has 1 aromatic heterocycles. The molecule has 0 spiro atoms. The van der Waals surface area contributed by atoms with Crippen LogP contribution in [-0.2, 0) is 22.5 Å². The van der Waals surface area contributed by atoms with E-state index < -0.39 is 6.09 Å². The van der Waals surface area contributed by atoms with Crippen LogP contribution in [0.4, 0.5) is 16.3 Å².